The van der Waals surface area contributed by atoms with Crippen molar-refractivity contribution in [2.75, 3.05) is 5.88 Å². The van der Waals surface area contributed by atoms with Crippen LogP contribution in [0.4, 0.5) is 0 Å². The minimum Gasteiger partial charge on any atom is -0.148 e. The first-order valence-electron chi connectivity index (χ1n) is 5.59. The maximum Gasteiger partial charge on any atom is 0.0314 e. The first-order chi connectivity index (χ1) is 7.31. The van der Waals surface area contributed by atoms with Gasteiger partial charge in [0.1, 0.15) is 0 Å². The van der Waals surface area contributed by atoms with Crippen LogP contribution in [-0.2, 0) is 6.42 Å². The van der Waals surface area contributed by atoms with Crippen molar-refractivity contribution in [2.24, 2.45) is 11.8 Å². The summed E-state index contributed by atoms with van der Waals surface area (Å²) in [5, 5.41) is 2.15. The van der Waals surface area contributed by atoms with Crippen LogP contribution in [0, 0.1) is 11.8 Å². The second-order valence-corrected chi connectivity index (χ2v) is 6.52. The van der Waals surface area contributed by atoms with Crippen molar-refractivity contribution in [2.45, 2.75) is 32.1 Å². The van der Waals surface area contributed by atoms with Gasteiger partial charge in [-0.1, -0.05) is 25.7 Å². The van der Waals surface area contributed by atoms with Crippen LogP contribution in [0.2, 0.25) is 0 Å². The molecule has 1 aliphatic carbocycles. The van der Waals surface area contributed by atoms with E-state index in [0.717, 1.165) is 18.2 Å². The van der Waals surface area contributed by atoms with Gasteiger partial charge in [0.25, 0.3) is 0 Å². The lowest BCUT2D eigenvalue weighted by molar-refractivity contribution is 0.370. The highest BCUT2D eigenvalue weighted by Crippen LogP contribution is 2.36. The molecule has 0 radical (unpaired) electrons. The standard InChI is InChI=1S/C12H16BrClS/c13-11-5-6-15-12(11)7-10(8-14)9-3-1-2-4-9/h5-6,9-10H,1-4,7-8H2. The SMILES string of the molecule is ClCC(Cc1sccc1Br)C1CCCC1. The molecule has 1 saturated carbocycles. The van der Waals surface area contributed by atoms with Gasteiger partial charge in [-0.15, -0.1) is 22.9 Å². The average Bonchev–Trinajstić information content (AvgIpc) is 2.86. The van der Waals surface area contributed by atoms with E-state index in [-0.39, 0.29) is 0 Å². The summed E-state index contributed by atoms with van der Waals surface area (Å²) in [6.07, 6.45) is 6.75. The van der Waals surface area contributed by atoms with Crippen molar-refractivity contribution in [1.29, 1.82) is 0 Å². The number of alkyl halides is 1. The molecule has 0 N–H and O–H groups in total. The van der Waals surface area contributed by atoms with E-state index in [0.29, 0.717) is 5.92 Å². The molecule has 1 aliphatic rings. The first kappa shape index (κ1) is 11.9. The molecule has 0 spiro atoms. The number of halogens is 2. The van der Waals surface area contributed by atoms with Gasteiger partial charge in [-0.2, -0.15) is 0 Å². The molecule has 0 aliphatic heterocycles. The van der Waals surface area contributed by atoms with Gasteiger partial charge < -0.3 is 0 Å². The number of hydrogen-bond donors (Lipinski definition) is 0. The minimum absolute atomic E-state index is 0.684. The number of hydrogen-bond acceptors (Lipinski definition) is 1. The van der Waals surface area contributed by atoms with Crippen LogP contribution in [-0.4, -0.2) is 5.88 Å². The second-order valence-electron chi connectivity index (χ2n) is 4.35. The Hall–Kier alpha value is 0.470. The van der Waals surface area contributed by atoms with Crippen molar-refractivity contribution in [3.63, 3.8) is 0 Å². The van der Waals surface area contributed by atoms with Gasteiger partial charge in [0, 0.05) is 15.2 Å². The molecular formula is C12H16BrClS. The Kier molecular flexibility index (Phi) is 4.53. The van der Waals surface area contributed by atoms with E-state index in [4.69, 9.17) is 11.6 Å². The summed E-state index contributed by atoms with van der Waals surface area (Å²) in [4.78, 5) is 1.47. The Balaban J connectivity index is 1.98. The molecule has 2 rings (SSSR count). The molecule has 1 heterocycles. The van der Waals surface area contributed by atoms with Crippen LogP contribution in [0.15, 0.2) is 15.9 Å². The third kappa shape index (κ3) is 2.98. The van der Waals surface area contributed by atoms with Gasteiger partial charge in [0.05, 0.1) is 0 Å². The lowest BCUT2D eigenvalue weighted by atomic mass is 9.89. The Bertz CT molecular complexity index is 304. The summed E-state index contributed by atoms with van der Waals surface area (Å²) in [6, 6.07) is 2.14. The monoisotopic (exact) mass is 306 g/mol. The van der Waals surface area contributed by atoms with E-state index < -0.39 is 0 Å². The van der Waals surface area contributed by atoms with Crippen LogP contribution >= 0.6 is 38.9 Å². The summed E-state index contributed by atoms with van der Waals surface area (Å²) >= 11 is 11.6. The Labute approximate surface area is 109 Å². The molecule has 1 atom stereocenters. The molecule has 1 aromatic rings. The molecule has 3 heteroatoms. The summed E-state index contributed by atoms with van der Waals surface area (Å²) in [5.74, 6) is 2.37. The van der Waals surface area contributed by atoms with E-state index in [2.05, 4.69) is 27.4 Å². The first-order valence-corrected chi connectivity index (χ1v) is 7.80. The zero-order chi connectivity index (χ0) is 10.7. The minimum atomic E-state index is 0.684. The lowest BCUT2D eigenvalue weighted by Gasteiger charge is -2.20. The maximum absolute atomic E-state index is 6.11. The highest BCUT2D eigenvalue weighted by Gasteiger charge is 2.25. The summed E-state index contributed by atoms with van der Waals surface area (Å²) in [6.45, 7) is 0. The quantitative estimate of drug-likeness (QED) is 0.679. The Morgan fingerprint density at radius 2 is 2.20 bits per heavy atom. The van der Waals surface area contributed by atoms with Crippen LogP contribution in [0.5, 0.6) is 0 Å². The van der Waals surface area contributed by atoms with Gasteiger partial charge in [0.2, 0.25) is 0 Å². The van der Waals surface area contributed by atoms with Crippen LogP contribution in [0.1, 0.15) is 30.6 Å². The van der Waals surface area contributed by atoms with Crippen molar-refractivity contribution in [1.82, 2.24) is 0 Å². The lowest BCUT2D eigenvalue weighted by Crippen LogP contribution is -2.15. The third-order valence-corrected chi connectivity index (χ3v) is 5.75. The molecule has 0 bridgehead atoms. The molecule has 0 amide bonds. The van der Waals surface area contributed by atoms with E-state index in [1.807, 2.05) is 11.3 Å². The van der Waals surface area contributed by atoms with Crippen LogP contribution < -0.4 is 0 Å². The fourth-order valence-corrected chi connectivity index (χ4v) is 4.45. The van der Waals surface area contributed by atoms with Gasteiger partial charge >= 0.3 is 0 Å². The fourth-order valence-electron chi connectivity index (χ4n) is 2.48. The number of rotatable bonds is 4. The van der Waals surface area contributed by atoms with E-state index in [1.165, 1.54) is 35.0 Å². The van der Waals surface area contributed by atoms with Crippen molar-refractivity contribution >= 4 is 38.9 Å². The molecule has 1 unspecified atom stereocenters. The molecule has 0 aromatic carbocycles. The molecule has 84 valence electrons. The predicted molar refractivity (Wildman–Crippen MR) is 71.9 cm³/mol. The fraction of sp³-hybridized carbons (Fsp3) is 0.667. The molecular weight excluding hydrogens is 292 g/mol. The van der Waals surface area contributed by atoms with Crippen molar-refractivity contribution in [3.8, 4) is 0 Å². The Morgan fingerprint density at radius 1 is 1.47 bits per heavy atom. The maximum atomic E-state index is 6.11. The predicted octanol–water partition coefficient (Wildman–Crippen LogP) is 5.10. The molecule has 1 fully saturated rings. The van der Waals surface area contributed by atoms with Crippen molar-refractivity contribution < 1.29 is 0 Å². The largest absolute Gasteiger partial charge is 0.148 e. The zero-order valence-electron chi connectivity index (χ0n) is 8.72. The van der Waals surface area contributed by atoms with Gasteiger partial charge in [-0.25, -0.2) is 0 Å². The topological polar surface area (TPSA) is 0 Å². The van der Waals surface area contributed by atoms with Gasteiger partial charge in [0.15, 0.2) is 0 Å². The van der Waals surface area contributed by atoms with E-state index >= 15 is 0 Å². The van der Waals surface area contributed by atoms with E-state index in [9.17, 15) is 0 Å². The van der Waals surface area contributed by atoms with Gasteiger partial charge in [-0.05, 0) is 45.6 Å². The summed E-state index contributed by atoms with van der Waals surface area (Å²) < 4.78 is 1.26. The van der Waals surface area contributed by atoms with Crippen LogP contribution in [0.3, 0.4) is 0 Å². The highest BCUT2D eigenvalue weighted by molar-refractivity contribution is 9.10. The van der Waals surface area contributed by atoms with Gasteiger partial charge in [-0.3, -0.25) is 0 Å². The molecule has 0 nitrogen and oxygen atoms in total. The number of thiophene rings is 1. The summed E-state index contributed by atoms with van der Waals surface area (Å²) in [5.41, 5.74) is 0. The molecule has 1 aromatic heterocycles. The smallest absolute Gasteiger partial charge is 0.0314 e. The normalized spacial score (nSPS) is 19.6. The second kappa shape index (κ2) is 5.70. The average molecular weight is 308 g/mol. The van der Waals surface area contributed by atoms with Crippen LogP contribution in [0.25, 0.3) is 0 Å². The highest BCUT2D eigenvalue weighted by atomic mass is 79.9. The third-order valence-electron chi connectivity index (χ3n) is 3.40. The summed E-state index contributed by atoms with van der Waals surface area (Å²) in [7, 11) is 0. The Morgan fingerprint density at radius 3 is 2.73 bits per heavy atom. The molecule has 15 heavy (non-hydrogen) atoms. The zero-order valence-corrected chi connectivity index (χ0v) is 11.9. The van der Waals surface area contributed by atoms with Crippen molar-refractivity contribution in [3.05, 3.63) is 20.8 Å². The molecule has 0 saturated heterocycles. The van der Waals surface area contributed by atoms with E-state index in [1.54, 1.807) is 0 Å².